The predicted octanol–water partition coefficient (Wildman–Crippen LogP) is 5.57. The molecule has 168 valence electrons. The summed E-state index contributed by atoms with van der Waals surface area (Å²) in [6.45, 7) is 3.64. The van der Waals surface area contributed by atoms with Gasteiger partial charge >= 0.3 is 6.18 Å². The van der Waals surface area contributed by atoms with Gasteiger partial charge in [-0.3, -0.25) is 9.59 Å². The topological polar surface area (TPSA) is 62.3 Å². The lowest BCUT2D eigenvalue weighted by molar-refractivity contribution is -0.137. The molecule has 0 aliphatic rings. The minimum absolute atomic E-state index is 0.0158. The zero-order valence-electron chi connectivity index (χ0n) is 17.5. The molecular formula is C23H22F3N3O2S. The second kappa shape index (κ2) is 9.95. The van der Waals surface area contributed by atoms with E-state index in [0.29, 0.717) is 10.8 Å². The van der Waals surface area contributed by atoms with Gasteiger partial charge in [-0.15, -0.1) is 11.3 Å². The average Bonchev–Trinajstić information content (AvgIpc) is 3.21. The molecule has 0 unspecified atom stereocenters. The Labute approximate surface area is 187 Å². The first-order valence-electron chi connectivity index (χ1n) is 9.91. The van der Waals surface area contributed by atoms with E-state index < -0.39 is 23.6 Å². The first-order chi connectivity index (χ1) is 15.1. The lowest BCUT2D eigenvalue weighted by atomic mass is 10.1. The first kappa shape index (κ1) is 23.5. The number of anilines is 1. The van der Waals surface area contributed by atoms with E-state index in [1.54, 1.807) is 0 Å². The number of carbonyl (C=O) groups is 2. The molecule has 2 amide bonds. The van der Waals surface area contributed by atoms with Gasteiger partial charge in [-0.2, -0.15) is 13.2 Å². The number of carbonyl (C=O) groups excluding carboxylic acids is 2. The number of aromatic nitrogens is 1. The molecule has 0 radical (unpaired) electrons. The summed E-state index contributed by atoms with van der Waals surface area (Å²) < 4.78 is 39.1. The third-order valence-electron chi connectivity index (χ3n) is 4.46. The van der Waals surface area contributed by atoms with Crippen molar-refractivity contribution in [1.29, 1.82) is 0 Å². The van der Waals surface area contributed by atoms with E-state index >= 15 is 0 Å². The molecular weight excluding hydrogens is 439 g/mol. The van der Waals surface area contributed by atoms with Crippen LogP contribution in [0, 0.1) is 5.92 Å². The second-order valence-corrected chi connectivity index (χ2v) is 8.47. The molecule has 5 nitrogen and oxygen atoms in total. The Hall–Kier alpha value is -3.20. The highest BCUT2D eigenvalue weighted by Gasteiger charge is 2.31. The van der Waals surface area contributed by atoms with E-state index in [2.05, 4.69) is 10.3 Å². The maximum atomic E-state index is 13.0. The Morgan fingerprint density at radius 2 is 1.81 bits per heavy atom. The highest BCUT2D eigenvalue weighted by molar-refractivity contribution is 7.14. The molecule has 0 saturated heterocycles. The van der Waals surface area contributed by atoms with Gasteiger partial charge in [0.05, 0.1) is 11.3 Å². The number of hydrogen-bond donors (Lipinski definition) is 1. The maximum absolute atomic E-state index is 13.0. The van der Waals surface area contributed by atoms with Crippen molar-refractivity contribution in [3.05, 3.63) is 71.1 Å². The summed E-state index contributed by atoms with van der Waals surface area (Å²) in [6, 6.07) is 13.7. The van der Waals surface area contributed by atoms with Crippen molar-refractivity contribution in [2.75, 3.05) is 18.4 Å². The van der Waals surface area contributed by atoms with Crippen LogP contribution in [0.3, 0.4) is 0 Å². The molecule has 0 saturated carbocycles. The van der Waals surface area contributed by atoms with Crippen LogP contribution in [-0.2, 0) is 11.0 Å². The predicted molar refractivity (Wildman–Crippen MR) is 118 cm³/mol. The quantitative estimate of drug-likeness (QED) is 0.501. The second-order valence-electron chi connectivity index (χ2n) is 7.61. The van der Waals surface area contributed by atoms with E-state index in [1.807, 2.05) is 49.6 Å². The molecule has 32 heavy (non-hydrogen) atoms. The van der Waals surface area contributed by atoms with Gasteiger partial charge in [-0.25, -0.2) is 4.98 Å². The normalized spacial score (nSPS) is 11.4. The Morgan fingerprint density at radius 3 is 2.47 bits per heavy atom. The molecule has 2 aromatic carbocycles. The van der Waals surface area contributed by atoms with Crippen molar-refractivity contribution < 1.29 is 22.8 Å². The number of thiazole rings is 1. The highest BCUT2D eigenvalue weighted by Crippen LogP contribution is 2.30. The monoisotopic (exact) mass is 461 g/mol. The summed E-state index contributed by atoms with van der Waals surface area (Å²) in [6.07, 6.45) is -4.56. The largest absolute Gasteiger partial charge is 0.416 e. The standard InChI is InChI=1S/C23H22F3N3O2S/c1-15(2)12-29(21(31)17-9-6-10-18(11-17)23(24,25)26)13-20(30)28-22-27-19(14-32-22)16-7-4-3-5-8-16/h3-11,14-15H,12-13H2,1-2H3,(H,27,28,30). The van der Waals surface area contributed by atoms with E-state index in [9.17, 15) is 22.8 Å². The molecule has 0 atom stereocenters. The van der Waals surface area contributed by atoms with Crippen LogP contribution in [0.1, 0.15) is 29.8 Å². The van der Waals surface area contributed by atoms with Crippen LogP contribution in [0.2, 0.25) is 0 Å². The van der Waals surface area contributed by atoms with Gasteiger partial charge in [0, 0.05) is 23.1 Å². The summed E-state index contributed by atoms with van der Waals surface area (Å²) in [5.74, 6) is -1.09. The van der Waals surface area contributed by atoms with Crippen LogP contribution in [0.5, 0.6) is 0 Å². The van der Waals surface area contributed by atoms with Gasteiger partial charge in [-0.05, 0) is 24.1 Å². The third kappa shape index (κ3) is 6.16. The van der Waals surface area contributed by atoms with Gasteiger partial charge in [0.15, 0.2) is 5.13 Å². The number of amides is 2. The van der Waals surface area contributed by atoms with E-state index in [4.69, 9.17) is 0 Å². The zero-order chi connectivity index (χ0) is 23.3. The number of nitrogens with one attached hydrogen (secondary N) is 1. The average molecular weight is 462 g/mol. The Bertz CT molecular complexity index is 1080. The van der Waals surface area contributed by atoms with Gasteiger partial charge in [0.2, 0.25) is 5.91 Å². The fourth-order valence-electron chi connectivity index (χ4n) is 3.08. The first-order valence-corrected chi connectivity index (χ1v) is 10.8. The van der Waals surface area contributed by atoms with E-state index in [0.717, 1.165) is 17.7 Å². The number of nitrogens with zero attached hydrogens (tertiary/aromatic N) is 2. The summed E-state index contributed by atoms with van der Waals surface area (Å²) in [5.41, 5.74) is 0.595. The molecule has 0 fully saturated rings. The fraction of sp³-hybridized carbons (Fsp3) is 0.261. The SMILES string of the molecule is CC(C)CN(CC(=O)Nc1nc(-c2ccccc2)cs1)C(=O)c1cccc(C(F)(F)F)c1. The Kier molecular flexibility index (Phi) is 7.29. The van der Waals surface area contributed by atoms with Gasteiger partial charge < -0.3 is 10.2 Å². The summed E-state index contributed by atoms with van der Waals surface area (Å²) >= 11 is 1.25. The van der Waals surface area contributed by atoms with Crippen LogP contribution in [0.25, 0.3) is 11.3 Å². The molecule has 3 aromatic rings. The molecule has 9 heteroatoms. The number of halogens is 3. The molecule has 3 rings (SSSR count). The number of rotatable bonds is 7. The molecule has 0 bridgehead atoms. The fourth-order valence-corrected chi connectivity index (χ4v) is 3.81. The van der Waals surface area contributed by atoms with Crippen molar-refractivity contribution in [3.8, 4) is 11.3 Å². The number of hydrogen-bond acceptors (Lipinski definition) is 4. The minimum Gasteiger partial charge on any atom is -0.329 e. The lowest BCUT2D eigenvalue weighted by Gasteiger charge is -2.24. The van der Waals surface area contributed by atoms with Gasteiger partial charge in [-0.1, -0.05) is 50.2 Å². The van der Waals surface area contributed by atoms with E-state index in [1.165, 1.54) is 28.4 Å². The zero-order valence-corrected chi connectivity index (χ0v) is 18.3. The smallest absolute Gasteiger partial charge is 0.329 e. The molecule has 0 spiro atoms. The summed E-state index contributed by atoms with van der Waals surface area (Å²) in [7, 11) is 0. The van der Waals surface area contributed by atoms with Crippen molar-refractivity contribution in [2.24, 2.45) is 5.92 Å². The molecule has 1 aromatic heterocycles. The summed E-state index contributed by atoms with van der Waals surface area (Å²) in [4.78, 5) is 31.1. The van der Waals surface area contributed by atoms with Crippen LogP contribution < -0.4 is 5.32 Å². The van der Waals surface area contributed by atoms with Crippen molar-refractivity contribution >= 4 is 28.3 Å². The minimum atomic E-state index is -4.56. The molecule has 0 aliphatic carbocycles. The van der Waals surface area contributed by atoms with Crippen LogP contribution in [0.15, 0.2) is 60.0 Å². The lowest BCUT2D eigenvalue weighted by Crippen LogP contribution is -2.40. The highest BCUT2D eigenvalue weighted by atomic mass is 32.1. The van der Waals surface area contributed by atoms with E-state index in [-0.39, 0.29) is 24.6 Å². The molecule has 0 aliphatic heterocycles. The maximum Gasteiger partial charge on any atom is 0.416 e. The summed E-state index contributed by atoms with van der Waals surface area (Å²) in [5, 5.41) is 4.86. The van der Waals surface area contributed by atoms with Crippen molar-refractivity contribution in [1.82, 2.24) is 9.88 Å². The van der Waals surface area contributed by atoms with Crippen LogP contribution >= 0.6 is 11.3 Å². The van der Waals surface area contributed by atoms with Crippen molar-refractivity contribution in [3.63, 3.8) is 0 Å². The van der Waals surface area contributed by atoms with Crippen LogP contribution in [-0.4, -0.2) is 34.8 Å². The van der Waals surface area contributed by atoms with Gasteiger partial charge in [0.25, 0.3) is 5.91 Å². The molecule has 1 heterocycles. The number of alkyl halides is 3. The third-order valence-corrected chi connectivity index (χ3v) is 5.22. The van der Waals surface area contributed by atoms with Crippen molar-refractivity contribution in [2.45, 2.75) is 20.0 Å². The molecule has 1 N–H and O–H groups in total. The number of benzene rings is 2. The van der Waals surface area contributed by atoms with Crippen LogP contribution in [0.4, 0.5) is 18.3 Å². The Balaban J connectivity index is 1.72. The Morgan fingerprint density at radius 1 is 1.09 bits per heavy atom. The van der Waals surface area contributed by atoms with Gasteiger partial charge in [0.1, 0.15) is 6.54 Å².